The van der Waals surface area contributed by atoms with Crippen molar-refractivity contribution in [3.8, 4) is 17.0 Å². The van der Waals surface area contributed by atoms with E-state index in [2.05, 4.69) is 41.4 Å². The fraction of sp³-hybridized carbons (Fsp3) is 0.576. The zero-order chi connectivity index (χ0) is 31.1. The number of aromatic hydroxyl groups is 1. The topological polar surface area (TPSA) is 134 Å². The van der Waals surface area contributed by atoms with Crippen LogP contribution in [0.2, 0.25) is 0 Å². The summed E-state index contributed by atoms with van der Waals surface area (Å²) in [4.78, 5) is 22.6. The third-order valence-electron chi connectivity index (χ3n) is 10.0. The molecule has 0 radical (unpaired) electrons. The van der Waals surface area contributed by atoms with E-state index in [4.69, 9.17) is 4.52 Å². The van der Waals surface area contributed by atoms with Gasteiger partial charge in [0, 0.05) is 76.6 Å². The molecule has 3 N–H and O–H groups in total. The lowest BCUT2D eigenvalue weighted by Gasteiger charge is -2.49. The Morgan fingerprint density at radius 3 is 2.60 bits per heavy atom. The number of anilines is 2. The highest BCUT2D eigenvalue weighted by Gasteiger charge is 2.37. The maximum absolute atomic E-state index is 13.2. The smallest absolute Gasteiger partial charge is 0.233 e. The minimum Gasteiger partial charge on any atom is -0.507 e. The summed E-state index contributed by atoms with van der Waals surface area (Å²) >= 11 is 0. The van der Waals surface area contributed by atoms with Crippen LogP contribution in [-0.4, -0.2) is 117 Å². The summed E-state index contributed by atoms with van der Waals surface area (Å²) in [6.45, 7) is 11.5. The summed E-state index contributed by atoms with van der Waals surface area (Å²) in [7, 11) is 0. The Morgan fingerprint density at radius 1 is 1.02 bits per heavy atom. The number of benzene rings is 1. The maximum atomic E-state index is 13.2. The van der Waals surface area contributed by atoms with Crippen molar-refractivity contribution < 1.29 is 19.5 Å². The molecule has 1 amide bonds. The Morgan fingerprint density at radius 2 is 1.84 bits per heavy atom. The number of phenolic OH excluding ortho intramolecular Hbond substituents is 1. The normalized spacial score (nSPS) is 23.6. The van der Waals surface area contributed by atoms with E-state index in [1.54, 1.807) is 11.0 Å². The second-order valence-electron chi connectivity index (χ2n) is 13.4. The Bertz CT molecular complexity index is 1510. The molecule has 240 valence electrons. The second kappa shape index (κ2) is 12.6. The van der Waals surface area contributed by atoms with Crippen molar-refractivity contribution in [2.75, 3.05) is 62.6 Å². The number of fused-ring (bicyclic) bond motifs is 3. The summed E-state index contributed by atoms with van der Waals surface area (Å²) in [5.41, 5.74) is 3.30. The second-order valence-corrected chi connectivity index (χ2v) is 13.4. The predicted octanol–water partition coefficient (Wildman–Crippen LogP) is 2.75. The average Bonchev–Trinajstić information content (AvgIpc) is 3.70. The van der Waals surface area contributed by atoms with Crippen LogP contribution < -0.4 is 10.2 Å². The van der Waals surface area contributed by atoms with Gasteiger partial charge in [-0.2, -0.15) is 0 Å². The summed E-state index contributed by atoms with van der Waals surface area (Å²) < 4.78 is 5.74. The van der Waals surface area contributed by atoms with Gasteiger partial charge in [0.25, 0.3) is 0 Å². The quantitative estimate of drug-likeness (QED) is 0.362. The van der Waals surface area contributed by atoms with Gasteiger partial charge in [-0.25, -0.2) is 0 Å². The maximum Gasteiger partial charge on any atom is 0.233 e. The Kier molecular flexibility index (Phi) is 8.36. The zero-order valence-corrected chi connectivity index (χ0v) is 26.2. The molecule has 0 saturated carbocycles. The first kappa shape index (κ1) is 29.9. The first-order valence-corrected chi connectivity index (χ1v) is 16.4. The van der Waals surface area contributed by atoms with Crippen LogP contribution in [0.25, 0.3) is 11.3 Å². The molecule has 3 fully saturated rings. The lowest BCUT2D eigenvalue weighted by Crippen LogP contribution is -2.60. The predicted molar refractivity (Wildman–Crippen MR) is 170 cm³/mol. The number of amides is 1. The largest absolute Gasteiger partial charge is 0.507 e. The molecule has 3 aromatic rings. The number of aromatic nitrogens is 3. The summed E-state index contributed by atoms with van der Waals surface area (Å²) in [6, 6.07) is 12.2. The number of hydrogen-bond donors (Lipinski definition) is 3. The number of aliphatic hydroxyl groups is 1. The molecule has 6 heterocycles. The van der Waals surface area contributed by atoms with Gasteiger partial charge < -0.3 is 29.9 Å². The minimum atomic E-state index is -0.436. The number of carbonyl (C=O) groups is 1. The standard InChI is InChI=1S/C33H44N8O4/c1-21(2)31(33(44)40-12-9-25(42)20-40)30-15-22(37-45-30)18-38-10-7-23(8-11-38)39-13-14-41-24(19-39)17-34-32-28(41)16-27(35-36-32)26-5-3-4-6-29(26)43/h3-6,15-16,21,23-25,31,42-43H,7-14,17-20H2,1-2H3,(H,34,36)/t24-,25+,31+/m0/s1. The molecule has 3 atom stereocenters. The molecule has 7 rings (SSSR count). The number of phenols is 1. The summed E-state index contributed by atoms with van der Waals surface area (Å²) in [6.07, 6.45) is 2.41. The molecule has 0 spiro atoms. The van der Waals surface area contributed by atoms with Crippen molar-refractivity contribution in [1.82, 2.24) is 30.1 Å². The van der Waals surface area contributed by atoms with Gasteiger partial charge in [-0.1, -0.05) is 31.1 Å². The zero-order valence-electron chi connectivity index (χ0n) is 26.2. The van der Waals surface area contributed by atoms with E-state index < -0.39 is 6.10 Å². The molecule has 4 aliphatic heterocycles. The molecule has 12 heteroatoms. The fourth-order valence-corrected chi connectivity index (χ4v) is 7.56. The average molecular weight is 617 g/mol. The number of rotatable bonds is 7. The molecule has 4 aliphatic rings. The number of nitrogens with one attached hydrogen (secondary N) is 1. The molecule has 12 nitrogen and oxygen atoms in total. The first-order valence-electron chi connectivity index (χ1n) is 16.4. The number of piperazine rings is 1. The van der Waals surface area contributed by atoms with Crippen LogP contribution >= 0.6 is 0 Å². The van der Waals surface area contributed by atoms with Gasteiger partial charge in [0.1, 0.15) is 17.4 Å². The van der Waals surface area contributed by atoms with Gasteiger partial charge in [-0.15, -0.1) is 10.2 Å². The number of β-amino-alcohol motifs (C(OH)–C–C–N with tert-alkyl or cyclic N) is 1. The van der Waals surface area contributed by atoms with Crippen LogP contribution in [0, 0.1) is 5.92 Å². The van der Waals surface area contributed by atoms with Crippen LogP contribution in [0.1, 0.15) is 50.5 Å². The lowest BCUT2D eigenvalue weighted by molar-refractivity contribution is -0.133. The molecule has 3 saturated heterocycles. The third-order valence-corrected chi connectivity index (χ3v) is 10.0. The molecule has 0 unspecified atom stereocenters. The van der Waals surface area contributed by atoms with E-state index in [1.807, 2.05) is 38.1 Å². The number of hydrogen-bond acceptors (Lipinski definition) is 11. The van der Waals surface area contributed by atoms with E-state index in [0.717, 1.165) is 75.9 Å². The highest BCUT2D eigenvalue weighted by molar-refractivity contribution is 5.83. The Balaban J connectivity index is 0.936. The molecule has 1 aromatic carbocycles. The van der Waals surface area contributed by atoms with Crippen LogP contribution in [0.3, 0.4) is 0 Å². The van der Waals surface area contributed by atoms with Crippen LogP contribution in [0.4, 0.5) is 11.5 Å². The van der Waals surface area contributed by atoms with E-state index in [1.165, 1.54) is 0 Å². The third kappa shape index (κ3) is 6.10. The van der Waals surface area contributed by atoms with Crippen LogP contribution in [-0.2, 0) is 11.3 Å². The van der Waals surface area contributed by atoms with Crippen molar-refractivity contribution in [3.05, 3.63) is 47.9 Å². The van der Waals surface area contributed by atoms with Gasteiger partial charge in [0.2, 0.25) is 5.91 Å². The number of piperidine rings is 1. The van der Waals surface area contributed by atoms with Crippen molar-refractivity contribution >= 4 is 17.4 Å². The fourth-order valence-electron chi connectivity index (χ4n) is 7.56. The number of nitrogens with zero attached hydrogens (tertiary/aromatic N) is 7. The number of para-hydroxylation sites is 1. The number of aliphatic hydroxyl groups excluding tert-OH is 1. The highest BCUT2D eigenvalue weighted by atomic mass is 16.5. The highest BCUT2D eigenvalue weighted by Crippen LogP contribution is 2.37. The van der Waals surface area contributed by atoms with Crippen LogP contribution in [0.15, 0.2) is 40.9 Å². The van der Waals surface area contributed by atoms with Crippen molar-refractivity contribution in [3.63, 3.8) is 0 Å². The van der Waals surface area contributed by atoms with Crippen molar-refractivity contribution in [2.45, 2.75) is 63.8 Å². The van der Waals surface area contributed by atoms with Gasteiger partial charge in [-0.05, 0) is 43.4 Å². The summed E-state index contributed by atoms with van der Waals surface area (Å²) in [5.74, 6) is 1.35. The monoisotopic (exact) mass is 616 g/mol. The molecule has 45 heavy (non-hydrogen) atoms. The van der Waals surface area contributed by atoms with Gasteiger partial charge in [0.05, 0.1) is 29.2 Å². The van der Waals surface area contributed by atoms with E-state index in [9.17, 15) is 15.0 Å². The van der Waals surface area contributed by atoms with Gasteiger partial charge in [0.15, 0.2) is 5.82 Å². The first-order chi connectivity index (χ1) is 21.8. The Labute approximate surface area is 264 Å². The molecular formula is C33H44N8O4. The number of likely N-dealkylation sites (tertiary alicyclic amines) is 2. The molecular weight excluding hydrogens is 572 g/mol. The van der Waals surface area contributed by atoms with Crippen molar-refractivity contribution in [2.24, 2.45) is 5.92 Å². The van der Waals surface area contributed by atoms with Gasteiger partial charge in [-0.3, -0.25) is 14.6 Å². The number of carbonyl (C=O) groups excluding carboxylic acids is 1. The lowest BCUT2D eigenvalue weighted by atomic mass is 9.91. The van der Waals surface area contributed by atoms with E-state index in [-0.39, 0.29) is 23.5 Å². The Hall–Kier alpha value is -3.74. The SMILES string of the molecule is CC(C)[C@@H](C(=O)N1CC[C@@H](O)C1)c1cc(CN2CCC(N3CCN4c5cc(-c6ccccc6O)nnc5NC[C@H]4C3)CC2)no1. The molecule has 0 aliphatic carbocycles. The van der Waals surface area contributed by atoms with Gasteiger partial charge >= 0.3 is 0 Å². The van der Waals surface area contributed by atoms with Crippen LogP contribution in [0.5, 0.6) is 5.75 Å². The van der Waals surface area contributed by atoms with E-state index in [0.29, 0.717) is 48.6 Å². The van der Waals surface area contributed by atoms with Crippen molar-refractivity contribution in [1.29, 1.82) is 0 Å². The minimum absolute atomic E-state index is 0.0191. The molecule has 0 bridgehead atoms. The summed E-state index contributed by atoms with van der Waals surface area (Å²) in [5, 5.41) is 36.9. The molecule has 2 aromatic heterocycles. The van der Waals surface area contributed by atoms with E-state index >= 15 is 0 Å².